The molecule has 1 amide bonds. The average Bonchev–Trinajstić information content (AvgIpc) is 2.84. The van der Waals surface area contributed by atoms with E-state index in [4.69, 9.17) is 0 Å². The van der Waals surface area contributed by atoms with E-state index in [0.29, 0.717) is 0 Å². The van der Waals surface area contributed by atoms with Crippen molar-refractivity contribution in [3.8, 4) is 0 Å². The van der Waals surface area contributed by atoms with Crippen LogP contribution in [0, 0.1) is 5.41 Å². The van der Waals surface area contributed by atoms with Crippen LogP contribution in [-0.2, 0) is 11.3 Å². The normalized spacial score (nSPS) is 24.1. The highest BCUT2D eigenvalue weighted by molar-refractivity contribution is 5.84. The van der Waals surface area contributed by atoms with E-state index < -0.39 is 0 Å². The van der Waals surface area contributed by atoms with Crippen molar-refractivity contribution in [3.63, 3.8) is 0 Å². The van der Waals surface area contributed by atoms with E-state index in [1.54, 1.807) is 6.20 Å². The van der Waals surface area contributed by atoms with E-state index in [0.717, 1.165) is 19.6 Å². The molecule has 0 saturated heterocycles. The summed E-state index contributed by atoms with van der Waals surface area (Å²) in [6, 6.07) is 1.78. The van der Waals surface area contributed by atoms with Crippen LogP contribution in [0.2, 0.25) is 0 Å². The largest absolute Gasteiger partial charge is 0.354 e. The summed E-state index contributed by atoms with van der Waals surface area (Å²) in [5, 5.41) is 10.4. The molecule has 1 fully saturated rings. The van der Waals surface area contributed by atoms with Gasteiger partial charge in [0.25, 0.3) is 0 Å². The van der Waals surface area contributed by atoms with Crippen molar-refractivity contribution in [1.82, 2.24) is 20.4 Å². The first kappa shape index (κ1) is 11.5. The van der Waals surface area contributed by atoms with Crippen LogP contribution < -0.4 is 10.6 Å². The van der Waals surface area contributed by atoms with E-state index in [2.05, 4.69) is 15.7 Å². The third-order valence-electron chi connectivity index (χ3n) is 3.72. The van der Waals surface area contributed by atoms with Crippen molar-refractivity contribution in [2.24, 2.45) is 5.41 Å². The standard InChI is InChI=1S/C13H18N4O/c18-12(11-3-1-6-14-11)15-9-13(4-5-13)10-17-8-2-7-16-17/h1-3,7-8,11,14H,4-6,9-10H2,(H,15,18)/t11-/m0/s1. The minimum atomic E-state index is -0.148. The molecule has 1 saturated carbocycles. The molecule has 1 aromatic rings. The Morgan fingerprint density at radius 1 is 1.56 bits per heavy atom. The first-order valence-electron chi connectivity index (χ1n) is 6.43. The van der Waals surface area contributed by atoms with E-state index in [1.165, 1.54) is 12.8 Å². The van der Waals surface area contributed by atoms with Crippen LogP contribution in [0.15, 0.2) is 30.6 Å². The molecule has 0 spiro atoms. The summed E-state index contributed by atoms with van der Waals surface area (Å²) in [6.07, 6.45) is 10.0. The van der Waals surface area contributed by atoms with Gasteiger partial charge in [-0.25, -0.2) is 0 Å². The molecule has 0 unspecified atom stereocenters. The van der Waals surface area contributed by atoms with Crippen LogP contribution in [-0.4, -0.2) is 34.8 Å². The summed E-state index contributed by atoms with van der Waals surface area (Å²) in [6.45, 7) is 2.43. The topological polar surface area (TPSA) is 59.0 Å². The maximum atomic E-state index is 11.9. The molecule has 96 valence electrons. The zero-order chi connectivity index (χ0) is 12.4. The van der Waals surface area contributed by atoms with Crippen LogP contribution in [0.25, 0.3) is 0 Å². The lowest BCUT2D eigenvalue weighted by Crippen LogP contribution is -2.43. The molecule has 1 aliphatic heterocycles. The van der Waals surface area contributed by atoms with E-state index in [1.807, 2.05) is 29.1 Å². The van der Waals surface area contributed by atoms with Crippen LogP contribution >= 0.6 is 0 Å². The van der Waals surface area contributed by atoms with E-state index in [-0.39, 0.29) is 17.4 Å². The van der Waals surface area contributed by atoms with Gasteiger partial charge in [-0.05, 0) is 18.9 Å². The number of amides is 1. The minimum Gasteiger partial charge on any atom is -0.354 e. The van der Waals surface area contributed by atoms with Crippen molar-refractivity contribution in [2.45, 2.75) is 25.4 Å². The summed E-state index contributed by atoms with van der Waals surface area (Å²) in [5.41, 5.74) is 0.226. The zero-order valence-electron chi connectivity index (χ0n) is 10.3. The number of aromatic nitrogens is 2. The predicted octanol–water partition coefficient (Wildman–Crippen LogP) is 0.307. The molecule has 0 bridgehead atoms. The number of nitrogens with one attached hydrogen (secondary N) is 2. The van der Waals surface area contributed by atoms with Crippen molar-refractivity contribution in [3.05, 3.63) is 30.6 Å². The van der Waals surface area contributed by atoms with Gasteiger partial charge >= 0.3 is 0 Å². The van der Waals surface area contributed by atoms with Crippen molar-refractivity contribution < 1.29 is 4.79 Å². The summed E-state index contributed by atoms with van der Waals surface area (Å²) in [4.78, 5) is 11.9. The molecular formula is C13H18N4O. The van der Waals surface area contributed by atoms with Gasteiger partial charge in [-0.15, -0.1) is 0 Å². The fourth-order valence-corrected chi connectivity index (χ4v) is 2.34. The van der Waals surface area contributed by atoms with Gasteiger partial charge in [0.2, 0.25) is 5.91 Å². The Morgan fingerprint density at radius 2 is 2.44 bits per heavy atom. The molecule has 3 rings (SSSR count). The number of carbonyl (C=O) groups is 1. The number of nitrogens with zero attached hydrogens (tertiary/aromatic N) is 2. The molecule has 5 heteroatoms. The van der Waals surface area contributed by atoms with Gasteiger partial charge in [-0.1, -0.05) is 12.2 Å². The highest BCUT2D eigenvalue weighted by Crippen LogP contribution is 2.46. The lowest BCUT2D eigenvalue weighted by atomic mass is 10.1. The quantitative estimate of drug-likeness (QED) is 0.735. The van der Waals surface area contributed by atoms with Gasteiger partial charge in [0, 0.05) is 37.4 Å². The van der Waals surface area contributed by atoms with Gasteiger partial charge in [0.1, 0.15) is 6.04 Å². The smallest absolute Gasteiger partial charge is 0.241 e. The van der Waals surface area contributed by atoms with Crippen molar-refractivity contribution >= 4 is 5.91 Å². The van der Waals surface area contributed by atoms with Gasteiger partial charge in [0.15, 0.2) is 0 Å². The van der Waals surface area contributed by atoms with Crippen LogP contribution in [0.1, 0.15) is 12.8 Å². The number of hydrogen-bond acceptors (Lipinski definition) is 3. The molecule has 2 N–H and O–H groups in total. The molecule has 5 nitrogen and oxygen atoms in total. The second kappa shape index (κ2) is 4.57. The summed E-state index contributed by atoms with van der Waals surface area (Å²) in [5.74, 6) is 0.0792. The first-order chi connectivity index (χ1) is 8.77. The third kappa shape index (κ3) is 2.46. The lowest BCUT2D eigenvalue weighted by molar-refractivity contribution is -0.122. The molecular weight excluding hydrogens is 228 g/mol. The van der Waals surface area contributed by atoms with Gasteiger partial charge in [-0.2, -0.15) is 5.10 Å². The average molecular weight is 246 g/mol. The predicted molar refractivity (Wildman–Crippen MR) is 67.8 cm³/mol. The minimum absolute atomic E-state index is 0.0792. The van der Waals surface area contributed by atoms with Crippen molar-refractivity contribution in [1.29, 1.82) is 0 Å². The summed E-state index contributed by atoms with van der Waals surface area (Å²) in [7, 11) is 0. The molecule has 2 aliphatic rings. The van der Waals surface area contributed by atoms with E-state index in [9.17, 15) is 4.79 Å². The first-order valence-corrected chi connectivity index (χ1v) is 6.43. The van der Waals surface area contributed by atoms with Gasteiger partial charge in [-0.3, -0.25) is 14.8 Å². The van der Waals surface area contributed by atoms with E-state index >= 15 is 0 Å². The zero-order valence-corrected chi connectivity index (χ0v) is 10.3. The second-order valence-corrected chi connectivity index (χ2v) is 5.24. The number of rotatable bonds is 5. The monoisotopic (exact) mass is 246 g/mol. The Hall–Kier alpha value is -1.62. The maximum Gasteiger partial charge on any atom is 0.241 e. The Morgan fingerprint density at radius 3 is 3.06 bits per heavy atom. The highest BCUT2D eigenvalue weighted by atomic mass is 16.2. The number of hydrogen-bond donors (Lipinski definition) is 2. The second-order valence-electron chi connectivity index (χ2n) is 5.24. The number of carbonyl (C=O) groups excluding carboxylic acids is 1. The molecule has 1 atom stereocenters. The Kier molecular flexibility index (Phi) is 2.91. The molecule has 0 radical (unpaired) electrons. The molecule has 2 heterocycles. The fraction of sp³-hybridized carbons (Fsp3) is 0.538. The summed E-state index contributed by atoms with van der Waals surface area (Å²) < 4.78 is 1.95. The third-order valence-corrected chi connectivity index (χ3v) is 3.72. The van der Waals surface area contributed by atoms with Gasteiger partial charge < -0.3 is 5.32 Å². The fourth-order valence-electron chi connectivity index (χ4n) is 2.34. The highest BCUT2D eigenvalue weighted by Gasteiger charge is 2.43. The SMILES string of the molecule is O=C(NCC1(Cn2cccn2)CC1)[C@@H]1C=CCN1. The Balaban J connectivity index is 1.50. The molecule has 18 heavy (non-hydrogen) atoms. The maximum absolute atomic E-state index is 11.9. The Bertz CT molecular complexity index is 448. The Labute approximate surface area is 106 Å². The van der Waals surface area contributed by atoms with Crippen LogP contribution in [0.4, 0.5) is 0 Å². The van der Waals surface area contributed by atoms with Crippen molar-refractivity contribution in [2.75, 3.05) is 13.1 Å². The summed E-state index contributed by atoms with van der Waals surface area (Å²) >= 11 is 0. The molecule has 1 aromatic heterocycles. The van der Waals surface area contributed by atoms with Crippen LogP contribution in [0.3, 0.4) is 0 Å². The van der Waals surface area contributed by atoms with Gasteiger partial charge in [0.05, 0.1) is 0 Å². The lowest BCUT2D eigenvalue weighted by Gasteiger charge is -2.17. The van der Waals surface area contributed by atoms with Crippen LogP contribution in [0.5, 0.6) is 0 Å². The molecule has 1 aliphatic carbocycles. The molecule has 0 aromatic carbocycles.